The molecule has 2 nitrogen and oxygen atoms in total. The van der Waals surface area contributed by atoms with E-state index in [-0.39, 0.29) is 0 Å². The molecule has 0 bridgehead atoms. The summed E-state index contributed by atoms with van der Waals surface area (Å²) in [5.41, 5.74) is 1.35. The average Bonchev–Trinajstić information content (AvgIpc) is 2.56. The first-order valence-electron chi connectivity index (χ1n) is 8.62. The number of hydrogen-bond acceptors (Lipinski definition) is 2. The molecule has 1 aromatic carbocycles. The maximum atomic E-state index is 5.71. The van der Waals surface area contributed by atoms with Gasteiger partial charge in [0.1, 0.15) is 5.75 Å². The lowest BCUT2D eigenvalue weighted by atomic mass is 9.96. The van der Waals surface area contributed by atoms with Gasteiger partial charge in [0.2, 0.25) is 0 Å². The third-order valence-electron chi connectivity index (χ3n) is 3.92. The summed E-state index contributed by atoms with van der Waals surface area (Å²) in [6, 6.07) is 8.48. The first-order chi connectivity index (χ1) is 10.7. The summed E-state index contributed by atoms with van der Waals surface area (Å²) in [7, 11) is 0. The third-order valence-corrected chi connectivity index (χ3v) is 3.92. The highest BCUT2D eigenvalue weighted by molar-refractivity contribution is 5.30. The Balaban J connectivity index is 2.42. The monoisotopic (exact) mass is 301 g/mol. The molecule has 0 aliphatic rings. The van der Waals surface area contributed by atoms with Gasteiger partial charge in [0.05, 0.1) is 13.2 Å². The van der Waals surface area contributed by atoms with Gasteiger partial charge >= 0.3 is 0 Å². The molecule has 2 heteroatoms. The van der Waals surface area contributed by atoms with Crippen molar-refractivity contribution in [2.75, 3.05) is 26.2 Å². The van der Waals surface area contributed by atoms with E-state index in [0.717, 1.165) is 51.3 Å². The van der Waals surface area contributed by atoms with Gasteiger partial charge < -0.3 is 4.74 Å². The van der Waals surface area contributed by atoms with Crippen molar-refractivity contribution >= 4 is 0 Å². The van der Waals surface area contributed by atoms with E-state index in [1.165, 1.54) is 5.56 Å². The Labute approximate surface area is 136 Å². The van der Waals surface area contributed by atoms with Gasteiger partial charge in [0.15, 0.2) is 0 Å². The quantitative estimate of drug-likeness (QED) is 0.613. The number of rotatable bonds is 9. The standard InChI is InChI=1S/C20H31NO/c1-5-16-22-20-14-11-13-19(17-20)18(4)12-9-8-10-15-21(6-2)7-3/h11,13-14,17-18H,5-7,9,12,15-16H2,1-4H3. The lowest BCUT2D eigenvalue weighted by molar-refractivity contribution is 0.317. The van der Waals surface area contributed by atoms with Crippen molar-refractivity contribution in [1.29, 1.82) is 0 Å². The highest BCUT2D eigenvalue weighted by Crippen LogP contribution is 2.24. The number of benzene rings is 1. The Hall–Kier alpha value is -1.46. The molecular weight excluding hydrogens is 270 g/mol. The summed E-state index contributed by atoms with van der Waals surface area (Å²) < 4.78 is 5.71. The second-order valence-electron chi connectivity index (χ2n) is 5.68. The molecule has 0 amide bonds. The molecule has 0 heterocycles. The fraction of sp³-hybridized carbons (Fsp3) is 0.600. The summed E-state index contributed by atoms with van der Waals surface area (Å²) in [6.45, 7) is 12.6. The summed E-state index contributed by atoms with van der Waals surface area (Å²) in [4.78, 5) is 2.34. The molecule has 0 spiro atoms. The fourth-order valence-corrected chi connectivity index (χ4v) is 2.29. The van der Waals surface area contributed by atoms with Crippen molar-refractivity contribution in [1.82, 2.24) is 4.90 Å². The van der Waals surface area contributed by atoms with Crippen LogP contribution in [0.2, 0.25) is 0 Å². The minimum atomic E-state index is 0.521. The van der Waals surface area contributed by atoms with Gasteiger partial charge in [0.25, 0.3) is 0 Å². The first kappa shape index (κ1) is 18.6. The Morgan fingerprint density at radius 3 is 2.59 bits per heavy atom. The molecule has 1 rings (SSSR count). The SMILES string of the molecule is CCCOc1cccc(C(C)CCC#CCN(CC)CC)c1. The topological polar surface area (TPSA) is 12.5 Å². The highest BCUT2D eigenvalue weighted by Gasteiger charge is 2.05. The molecule has 0 aromatic heterocycles. The summed E-state index contributed by atoms with van der Waals surface area (Å²) in [5, 5.41) is 0. The van der Waals surface area contributed by atoms with E-state index < -0.39 is 0 Å². The van der Waals surface area contributed by atoms with Crippen molar-refractivity contribution in [3.05, 3.63) is 29.8 Å². The zero-order chi connectivity index (χ0) is 16.2. The van der Waals surface area contributed by atoms with Gasteiger partial charge in [0, 0.05) is 6.42 Å². The summed E-state index contributed by atoms with van der Waals surface area (Å²) >= 11 is 0. The molecule has 0 fully saturated rings. The summed E-state index contributed by atoms with van der Waals surface area (Å²) in [5.74, 6) is 8.10. The molecule has 122 valence electrons. The van der Waals surface area contributed by atoms with Crippen molar-refractivity contribution in [2.24, 2.45) is 0 Å². The van der Waals surface area contributed by atoms with Gasteiger partial charge in [-0.2, -0.15) is 0 Å². The molecule has 0 saturated heterocycles. The van der Waals surface area contributed by atoms with Gasteiger partial charge in [-0.25, -0.2) is 0 Å². The van der Waals surface area contributed by atoms with Gasteiger partial charge in [-0.05, 0) is 49.5 Å². The lowest BCUT2D eigenvalue weighted by Crippen LogP contribution is -2.22. The average molecular weight is 301 g/mol. The van der Waals surface area contributed by atoms with Crippen LogP contribution in [0, 0.1) is 11.8 Å². The van der Waals surface area contributed by atoms with Crippen LogP contribution >= 0.6 is 0 Å². The zero-order valence-electron chi connectivity index (χ0n) is 14.7. The molecule has 22 heavy (non-hydrogen) atoms. The van der Waals surface area contributed by atoms with Crippen molar-refractivity contribution in [3.63, 3.8) is 0 Å². The normalized spacial score (nSPS) is 11.9. The maximum Gasteiger partial charge on any atom is 0.119 e. The van der Waals surface area contributed by atoms with E-state index in [4.69, 9.17) is 4.74 Å². The Morgan fingerprint density at radius 2 is 1.91 bits per heavy atom. The van der Waals surface area contributed by atoms with Crippen LogP contribution in [0.3, 0.4) is 0 Å². The number of hydrogen-bond donors (Lipinski definition) is 0. The van der Waals surface area contributed by atoms with Crippen LogP contribution in [0.4, 0.5) is 0 Å². The zero-order valence-corrected chi connectivity index (χ0v) is 14.7. The second kappa shape index (κ2) is 11.2. The van der Waals surface area contributed by atoms with E-state index in [1.807, 2.05) is 6.07 Å². The van der Waals surface area contributed by atoms with Crippen LogP contribution in [-0.2, 0) is 0 Å². The van der Waals surface area contributed by atoms with Crippen LogP contribution in [0.1, 0.15) is 58.4 Å². The van der Waals surface area contributed by atoms with Crippen LogP contribution in [0.15, 0.2) is 24.3 Å². The summed E-state index contributed by atoms with van der Waals surface area (Å²) in [6.07, 6.45) is 3.10. The Kier molecular flexibility index (Phi) is 9.42. The van der Waals surface area contributed by atoms with E-state index >= 15 is 0 Å². The molecule has 0 aliphatic heterocycles. The van der Waals surface area contributed by atoms with Crippen LogP contribution in [0.25, 0.3) is 0 Å². The minimum absolute atomic E-state index is 0.521. The third kappa shape index (κ3) is 7.00. The molecular formula is C20H31NO. The van der Waals surface area contributed by atoms with Gasteiger partial charge in [-0.1, -0.05) is 45.7 Å². The highest BCUT2D eigenvalue weighted by atomic mass is 16.5. The second-order valence-corrected chi connectivity index (χ2v) is 5.68. The molecule has 1 atom stereocenters. The van der Waals surface area contributed by atoms with Crippen LogP contribution < -0.4 is 4.74 Å². The largest absolute Gasteiger partial charge is 0.494 e. The predicted octanol–water partition coefficient (Wildman–Crippen LogP) is 4.70. The Bertz CT molecular complexity index is 468. The predicted molar refractivity (Wildman–Crippen MR) is 95.4 cm³/mol. The molecule has 0 N–H and O–H groups in total. The van der Waals surface area contributed by atoms with Crippen LogP contribution in [0.5, 0.6) is 5.75 Å². The van der Waals surface area contributed by atoms with Crippen LogP contribution in [-0.4, -0.2) is 31.1 Å². The fourth-order valence-electron chi connectivity index (χ4n) is 2.29. The molecule has 1 aromatic rings. The Morgan fingerprint density at radius 1 is 1.14 bits per heavy atom. The van der Waals surface area contributed by atoms with Crippen molar-refractivity contribution in [2.45, 2.75) is 52.9 Å². The lowest BCUT2D eigenvalue weighted by Gasteiger charge is -2.13. The smallest absolute Gasteiger partial charge is 0.119 e. The van der Waals surface area contributed by atoms with E-state index in [2.05, 4.69) is 62.6 Å². The van der Waals surface area contributed by atoms with E-state index in [1.54, 1.807) is 0 Å². The van der Waals surface area contributed by atoms with E-state index in [9.17, 15) is 0 Å². The molecule has 0 saturated carbocycles. The van der Waals surface area contributed by atoms with Crippen molar-refractivity contribution < 1.29 is 4.74 Å². The van der Waals surface area contributed by atoms with Gasteiger partial charge in [-0.15, -0.1) is 5.92 Å². The first-order valence-corrected chi connectivity index (χ1v) is 8.62. The van der Waals surface area contributed by atoms with Crippen molar-refractivity contribution in [3.8, 4) is 17.6 Å². The number of ether oxygens (including phenoxy) is 1. The van der Waals surface area contributed by atoms with Gasteiger partial charge in [-0.3, -0.25) is 4.90 Å². The minimum Gasteiger partial charge on any atom is -0.494 e. The van der Waals surface area contributed by atoms with E-state index in [0.29, 0.717) is 5.92 Å². The molecule has 0 radical (unpaired) electrons. The molecule has 0 aliphatic carbocycles. The molecule has 1 unspecified atom stereocenters. The number of nitrogens with zero attached hydrogens (tertiary/aromatic N) is 1. The maximum absolute atomic E-state index is 5.71.